The van der Waals surface area contributed by atoms with E-state index in [4.69, 9.17) is 5.73 Å². The minimum atomic E-state index is 0.477. The van der Waals surface area contributed by atoms with Gasteiger partial charge in [0.15, 0.2) is 0 Å². The summed E-state index contributed by atoms with van der Waals surface area (Å²) in [5.41, 5.74) is 5.66. The van der Waals surface area contributed by atoms with Crippen LogP contribution in [-0.4, -0.2) is 6.54 Å². The summed E-state index contributed by atoms with van der Waals surface area (Å²) in [4.78, 5) is 1.41. The second kappa shape index (κ2) is 3.48. The van der Waals surface area contributed by atoms with Crippen LogP contribution >= 0.6 is 11.3 Å². The molecular weight excluding hydrogens is 178 g/mol. The van der Waals surface area contributed by atoms with Crippen molar-refractivity contribution in [3.63, 3.8) is 0 Å². The molecular formula is C11H13NS. The minimum absolute atomic E-state index is 0.477. The number of hydrogen-bond donors (Lipinski definition) is 1. The van der Waals surface area contributed by atoms with Gasteiger partial charge in [0.25, 0.3) is 0 Å². The van der Waals surface area contributed by atoms with Crippen molar-refractivity contribution in [3.05, 3.63) is 34.5 Å². The average molecular weight is 191 g/mol. The van der Waals surface area contributed by atoms with Gasteiger partial charge in [0.2, 0.25) is 0 Å². The highest BCUT2D eigenvalue weighted by Crippen LogP contribution is 2.30. The smallest absolute Gasteiger partial charge is 0.0165 e. The lowest BCUT2D eigenvalue weighted by atomic mass is 10.1. The van der Waals surface area contributed by atoms with Crippen LogP contribution in [0, 0.1) is 0 Å². The van der Waals surface area contributed by atoms with E-state index in [1.165, 1.54) is 15.6 Å². The molecule has 0 spiro atoms. The van der Waals surface area contributed by atoms with Gasteiger partial charge in [0.05, 0.1) is 0 Å². The summed E-state index contributed by atoms with van der Waals surface area (Å²) in [5, 5.41) is 4.91. The van der Waals surface area contributed by atoms with Crippen LogP contribution in [0.15, 0.2) is 29.6 Å². The van der Waals surface area contributed by atoms with E-state index in [1.54, 1.807) is 0 Å². The summed E-state index contributed by atoms with van der Waals surface area (Å²) in [7, 11) is 0. The Bertz CT molecular complexity index is 405. The predicted molar refractivity (Wildman–Crippen MR) is 59.3 cm³/mol. The Labute approximate surface area is 82.2 Å². The van der Waals surface area contributed by atoms with Crippen LogP contribution in [0.4, 0.5) is 0 Å². The fourth-order valence-corrected chi connectivity index (χ4v) is 2.60. The summed E-state index contributed by atoms with van der Waals surface area (Å²) < 4.78 is 0. The molecule has 1 nitrogen and oxygen atoms in total. The van der Waals surface area contributed by atoms with Gasteiger partial charge in [0, 0.05) is 10.8 Å². The van der Waals surface area contributed by atoms with E-state index in [0.29, 0.717) is 5.92 Å². The van der Waals surface area contributed by atoms with E-state index in [1.807, 2.05) is 11.3 Å². The molecule has 2 heteroatoms. The van der Waals surface area contributed by atoms with Crippen molar-refractivity contribution >= 4 is 22.1 Å². The van der Waals surface area contributed by atoms with Crippen molar-refractivity contribution in [1.82, 2.24) is 0 Å². The Morgan fingerprint density at radius 3 is 2.92 bits per heavy atom. The molecule has 13 heavy (non-hydrogen) atoms. The van der Waals surface area contributed by atoms with Crippen molar-refractivity contribution in [1.29, 1.82) is 0 Å². The third-order valence-corrected chi connectivity index (χ3v) is 3.59. The van der Waals surface area contributed by atoms with Gasteiger partial charge in [-0.3, -0.25) is 0 Å². The van der Waals surface area contributed by atoms with Crippen LogP contribution in [0.2, 0.25) is 0 Å². The van der Waals surface area contributed by atoms with Crippen LogP contribution < -0.4 is 5.73 Å². The normalized spacial score (nSPS) is 13.4. The van der Waals surface area contributed by atoms with E-state index in [0.717, 1.165) is 6.54 Å². The van der Waals surface area contributed by atoms with Gasteiger partial charge in [-0.05, 0) is 22.7 Å². The molecule has 2 aromatic rings. The van der Waals surface area contributed by atoms with Crippen LogP contribution in [0.3, 0.4) is 0 Å². The van der Waals surface area contributed by atoms with Crippen molar-refractivity contribution in [3.8, 4) is 0 Å². The molecule has 1 heterocycles. The van der Waals surface area contributed by atoms with E-state index in [-0.39, 0.29) is 0 Å². The Kier molecular flexibility index (Phi) is 2.34. The fourth-order valence-electron chi connectivity index (χ4n) is 1.50. The van der Waals surface area contributed by atoms with Crippen LogP contribution in [0.5, 0.6) is 0 Å². The topological polar surface area (TPSA) is 26.0 Å². The number of benzene rings is 1. The molecule has 1 aromatic heterocycles. The van der Waals surface area contributed by atoms with Crippen LogP contribution in [-0.2, 0) is 0 Å². The molecule has 1 aromatic carbocycles. The van der Waals surface area contributed by atoms with Gasteiger partial charge in [-0.25, -0.2) is 0 Å². The number of fused-ring (bicyclic) bond motifs is 1. The lowest BCUT2D eigenvalue weighted by molar-refractivity contribution is 0.795. The highest BCUT2D eigenvalue weighted by atomic mass is 32.1. The Morgan fingerprint density at radius 2 is 2.15 bits per heavy atom. The van der Waals surface area contributed by atoms with Crippen LogP contribution in [0.25, 0.3) is 10.8 Å². The first kappa shape index (κ1) is 8.73. The number of hydrogen-bond acceptors (Lipinski definition) is 2. The van der Waals surface area contributed by atoms with Gasteiger partial charge < -0.3 is 5.73 Å². The van der Waals surface area contributed by atoms with Gasteiger partial charge in [-0.15, -0.1) is 11.3 Å². The average Bonchev–Trinajstić information content (AvgIpc) is 2.60. The standard InChI is InChI=1S/C11H13NS/c1-8(6-12)11-10-5-3-2-4-9(10)7-13-11/h2-5,7-8H,6,12H2,1H3. The Balaban J connectivity index is 2.57. The summed E-state index contributed by atoms with van der Waals surface area (Å²) in [6.45, 7) is 2.91. The highest BCUT2D eigenvalue weighted by Gasteiger charge is 2.09. The van der Waals surface area contributed by atoms with Crippen molar-refractivity contribution in [2.75, 3.05) is 6.54 Å². The third-order valence-electron chi connectivity index (χ3n) is 2.34. The summed E-state index contributed by atoms with van der Waals surface area (Å²) in [6, 6.07) is 8.49. The molecule has 0 saturated carbocycles. The number of thiophene rings is 1. The maximum Gasteiger partial charge on any atom is 0.0165 e. The highest BCUT2D eigenvalue weighted by molar-refractivity contribution is 7.11. The second-order valence-corrected chi connectivity index (χ2v) is 4.24. The first-order valence-corrected chi connectivity index (χ1v) is 5.37. The lowest BCUT2D eigenvalue weighted by Crippen LogP contribution is -2.07. The molecule has 1 atom stereocenters. The van der Waals surface area contributed by atoms with Crippen molar-refractivity contribution in [2.24, 2.45) is 5.73 Å². The van der Waals surface area contributed by atoms with Crippen molar-refractivity contribution < 1.29 is 0 Å². The number of nitrogens with two attached hydrogens (primary N) is 1. The van der Waals surface area contributed by atoms with Gasteiger partial charge in [-0.1, -0.05) is 31.2 Å². The molecule has 0 amide bonds. The molecule has 0 saturated heterocycles. The summed E-state index contributed by atoms with van der Waals surface area (Å²) in [5.74, 6) is 0.477. The predicted octanol–water partition coefficient (Wildman–Crippen LogP) is 2.96. The summed E-state index contributed by atoms with van der Waals surface area (Å²) >= 11 is 1.82. The van der Waals surface area contributed by atoms with Crippen LogP contribution in [0.1, 0.15) is 17.7 Å². The first-order valence-electron chi connectivity index (χ1n) is 4.49. The molecule has 0 aliphatic rings. The second-order valence-electron chi connectivity index (χ2n) is 3.32. The molecule has 1 unspecified atom stereocenters. The molecule has 0 aliphatic carbocycles. The SMILES string of the molecule is CC(CN)c1scc2ccccc12. The quantitative estimate of drug-likeness (QED) is 0.776. The van der Waals surface area contributed by atoms with Gasteiger partial charge in [0.1, 0.15) is 0 Å². The first-order chi connectivity index (χ1) is 6.33. The number of rotatable bonds is 2. The molecule has 0 fully saturated rings. The Hall–Kier alpha value is -0.860. The van der Waals surface area contributed by atoms with E-state index in [2.05, 4.69) is 36.6 Å². The zero-order chi connectivity index (χ0) is 9.26. The Morgan fingerprint density at radius 1 is 1.38 bits per heavy atom. The summed E-state index contributed by atoms with van der Waals surface area (Å²) in [6.07, 6.45) is 0. The molecule has 0 radical (unpaired) electrons. The fraction of sp³-hybridized carbons (Fsp3) is 0.273. The molecule has 0 bridgehead atoms. The maximum atomic E-state index is 5.66. The molecule has 2 rings (SSSR count). The molecule has 68 valence electrons. The monoisotopic (exact) mass is 191 g/mol. The van der Waals surface area contributed by atoms with E-state index in [9.17, 15) is 0 Å². The van der Waals surface area contributed by atoms with E-state index >= 15 is 0 Å². The van der Waals surface area contributed by atoms with Crippen molar-refractivity contribution in [2.45, 2.75) is 12.8 Å². The van der Waals surface area contributed by atoms with Gasteiger partial charge >= 0.3 is 0 Å². The zero-order valence-electron chi connectivity index (χ0n) is 7.66. The third kappa shape index (κ3) is 1.47. The maximum absolute atomic E-state index is 5.66. The largest absolute Gasteiger partial charge is 0.330 e. The lowest BCUT2D eigenvalue weighted by Gasteiger charge is -2.05. The van der Waals surface area contributed by atoms with Gasteiger partial charge in [-0.2, -0.15) is 0 Å². The van der Waals surface area contributed by atoms with E-state index < -0.39 is 0 Å². The zero-order valence-corrected chi connectivity index (χ0v) is 8.47. The molecule has 0 aliphatic heterocycles. The molecule has 2 N–H and O–H groups in total. The minimum Gasteiger partial charge on any atom is -0.330 e.